The molecule has 5 N–H and O–H groups in total. The molecule has 536 valence electrons. The third-order valence-corrected chi connectivity index (χ3v) is 15.7. The summed E-state index contributed by atoms with van der Waals surface area (Å²) in [6.07, 6.45) is 5.39. The number of hydrogen-bond acceptors (Lipinski definition) is 16. The van der Waals surface area contributed by atoms with E-state index in [1.54, 1.807) is 82.9 Å². The molecule has 0 saturated carbocycles. The molecular weight excluding hydrogens is 1340 g/mol. The average molecular weight is 1420 g/mol. The van der Waals surface area contributed by atoms with E-state index in [-0.39, 0.29) is 70.2 Å². The largest absolute Gasteiger partial charge is 1.00 e. The van der Waals surface area contributed by atoms with Gasteiger partial charge < -0.3 is 50.5 Å². The molecule has 0 atom stereocenters. The van der Waals surface area contributed by atoms with E-state index in [1.807, 2.05) is 217 Å². The Morgan fingerprint density at radius 2 is 0.790 bits per heavy atom. The van der Waals surface area contributed by atoms with Crippen molar-refractivity contribution in [1.82, 2.24) is 9.97 Å². The molecule has 2 heterocycles. The number of benzene rings is 8. The van der Waals surface area contributed by atoms with Crippen molar-refractivity contribution in [3.8, 4) is 55.6 Å². The second-order valence-electron chi connectivity index (χ2n) is 26.9. The van der Waals surface area contributed by atoms with Crippen molar-refractivity contribution in [2.24, 2.45) is 0 Å². The maximum Gasteiger partial charge on any atom is 1.00 e. The van der Waals surface area contributed by atoms with Crippen molar-refractivity contribution in [2.75, 3.05) is 45.7 Å². The summed E-state index contributed by atoms with van der Waals surface area (Å²) in [5, 5.41) is 20.8. The van der Waals surface area contributed by atoms with E-state index < -0.39 is 53.1 Å². The molecule has 0 bridgehead atoms. The molecule has 0 saturated heterocycles. The maximum absolute atomic E-state index is 13.4. The molecule has 21 heteroatoms. The number of rotatable bonds is 18. The molecular formula is C84H87N8NaO12. The zero-order valence-electron chi connectivity index (χ0n) is 61.9. The average Bonchev–Trinajstić information content (AvgIpc) is 0.799. The van der Waals surface area contributed by atoms with Crippen LogP contribution < -0.4 is 66.1 Å². The van der Waals surface area contributed by atoms with Crippen LogP contribution in [0.4, 0.5) is 43.7 Å². The Bertz CT molecular complexity index is 4730. The minimum Gasteiger partial charge on any atom is -0.545 e. The number of nitrogens with one attached hydrogen (secondary N) is 3. The van der Waals surface area contributed by atoms with Crippen LogP contribution in [0.1, 0.15) is 135 Å². The number of amides is 4. The van der Waals surface area contributed by atoms with Gasteiger partial charge in [0.1, 0.15) is 11.2 Å². The summed E-state index contributed by atoms with van der Waals surface area (Å²) in [4.78, 5) is 100. The van der Waals surface area contributed by atoms with Crippen molar-refractivity contribution in [3.05, 3.63) is 253 Å². The number of carbonyl (C=O) groups excluding carboxylic acids is 7. The summed E-state index contributed by atoms with van der Waals surface area (Å²) in [6.45, 7) is 22.7. The Labute approximate surface area is 635 Å². The summed E-state index contributed by atoms with van der Waals surface area (Å²) >= 11 is 0. The first-order chi connectivity index (χ1) is 49.4. The van der Waals surface area contributed by atoms with E-state index in [1.165, 1.54) is 32.7 Å². The SMILES string of the molecule is CC(C)Nc1ccccc1-c1ccc(C(=O)[O-])c(NC(=O)c2cncc(-c3ccccc3)c2)c1.COC(=O)c1ccc(-c2ccccc2N(C(=O)OC(C)(C)C)C(C)C)cc1N.COC(=O)c1ccc(-c2ccccc2N(C(=O)OC(C)(C)C)C(C)C)cc1NC(=O)c1cncc(-c2ccccc2)c1.[Na+]. The Morgan fingerprint density at radius 1 is 0.419 bits per heavy atom. The fourth-order valence-electron chi connectivity index (χ4n) is 11.0. The number of aromatic carboxylic acids is 1. The van der Waals surface area contributed by atoms with Crippen molar-refractivity contribution >= 4 is 76.0 Å². The Kier molecular flexibility index (Phi) is 28.2. The van der Waals surface area contributed by atoms with Gasteiger partial charge in [0.25, 0.3) is 11.8 Å². The van der Waals surface area contributed by atoms with E-state index in [0.717, 1.165) is 55.8 Å². The molecule has 0 aliphatic rings. The minimum absolute atomic E-state index is 0. The topological polar surface area (TPSA) is 274 Å². The zero-order valence-corrected chi connectivity index (χ0v) is 63.9. The van der Waals surface area contributed by atoms with Gasteiger partial charge in [-0.3, -0.25) is 29.4 Å². The molecule has 10 aromatic rings. The van der Waals surface area contributed by atoms with Gasteiger partial charge in [0.15, 0.2) is 0 Å². The molecule has 0 aliphatic carbocycles. The van der Waals surface area contributed by atoms with Gasteiger partial charge in [-0.1, -0.05) is 140 Å². The molecule has 8 aromatic carbocycles. The standard InChI is InChI=1S/C34H35N3O5.C28H25N3O3.C22H28N2O4.Na/c1-22(2)37(33(40)42-34(3,4)5)30-15-11-10-14-27(30)24-16-17-28(32(39)41-6)29(19-24)36-31(38)26-18-25(20-35-21-26)23-12-8-7-9-13-23;1-18(2)30-25-11-7-6-10-23(25)20-12-13-24(28(33)34)26(15-20)31-27(32)22-14-21(16-29-17-22)19-8-4-3-5-9-19;1-14(2)24(21(26)28-22(3,4)5)19-10-8-7-9-16(19)15-11-12-17(18(23)13-15)20(25)27-6;/h7-22H,1-6H3,(H,36,38);3-18,30H,1-2H3,(H,31,32)(H,33,34);7-14H,23H2,1-6H3;/q;;;+1/p-1. The number of ether oxygens (including phenoxy) is 4. The van der Waals surface area contributed by atoms with E-state index in [0.29, 0.717) is 39.3 Å². The number of hydrogen-bond donors (Lipinski definition) is 4. The van der Waals surface area contributed by atoms with Gasteiger partial charge in [0.2, 0.25) is 0 Å². The Morgan fingerprint density at radius 3 is 1.20 bits per heavy atom. The van der Waals surface area contributed by atoms with Gasteiger partial charge in [-0.15, -0.1) is 0 Å². The summed E-state index contributed by atoms with van der Waals surface area (Å²) in [7, 11) is 2.60. The molecule has 10 rings (SSSR count). The minimum atomic E-state index is -1.37. The number of methoxy groups -OCH3 is 2. The molecule has 0 aliphatic heterocycles. The van der Waals surface area contributed by atoms with Gasteiger partial charge in [-0.2, -0.15) is 0 Å². The number of anilines is 6. The van der Waals surface area contributed by atoms with Gasteiger partial charge >= 0.3 is 53.7 Å². The van der Waals surface area contributed by atoms with E-state index in [4.69, 9.17) is 24.7 Å². The molecule has 2 aromatic heterocycles. The van der Waals surface area contributed by atoms with Gasteiger partial charge in [-0.25, -0.2) is 19.2 Å². The fraction of sp³-hybridized carbons (Fsp3) is 0.226. The van der Waals surface area contributed by atoms with Crippen LogP contribution >= 0.6 is 0 Å². The van der Waals surface area contributed by atoms with Gasteiger partial charge in [-0.05, 0) is 172 Å². The number of para-hydroxylation sites is 3. The number of carbonyl (C=O) groups is 7. The summed E-state index contributed by atoms with van der Waals surface area (Å²) in [6, 6.07) is 60.2. The van der Waals surface area contributed by atoms with Crippen molar-refractivity contribution in [2.45, 2.75) is 112 Å². The molecule has 0 radical (unpaired) electrons. The summed E-state index contributed by atoms with van der Waals surface area (Å²) in [5.74, 6) is -3.35. The molecule has 0 spiro atoms. The van der Waals surface area contributed by atoms with Crippen LogP contribution in [-0.4, -0.2) is 95.4 Å². The van der Waals surface area contributed by atoms with Crippen molar-refractivity contribution in [1.29, 1.82) is 0 Å². The second kappa shape index (κ2) is 36.6. The van der Waals surface area contributed by atoms with E-state index >= 15 is 0 Å². The van der Waals surface area contributed by atoms with Crippen molar-refractivity contribution < 1.29 is 87.2 Å². The predicted octanol–water partition coefficient (Wildman–Crippen LogP) is 14.3. The number of carboxylic acid groups (broad SMARTS) is 1. The first kappa shape index (κ1) is 80.9. The van der Waals surface area contributed by atoms with Crippen LogP contribution in [0.3, 0.4) is 0 Å². The predicted molar refractivity (Wildman–Crippen MR) is 409 cm³/mol. The third-order valence-electron chi connectivity index (χ3n) is 15.7. The number of carboxylic acids is 1. The van der Waals surface area contributed by atoms with Crippen LogP contribution in [0.25, 0.3) is 55.6 Å². The first-order valence-corrected chi connectivity index (χ1v) is 33.7. The number of pyridine rings is 2. The van der Waals surface area contributed by atoms with Crippen LogP contribution in [-0.2, 0) is 18.9 Å². The third kappa shape index (κ3) is 21.8. The number of aromatic nitrogens is 2. The van der Waals surface area contributed by atoms with Crippen LogP contribution in [0.5, 0.6) is 0 Å². The molecule has 4 amide bonds. The molecule has 0 unspecified atom stereocenters. The van der Waals surface area contributed by atoms with Crippen LogP contribution in [0.2, 0.25) is 0 Å². The number of nitrogen functional groups attached to an aromatic ring is 1. The quantitative estimate of drug-likeness (QED) is 0.0269. The van der Waals surface area contributed by atoms with Crippen LogP contribution in [0.15, 0.2) is 225 Å². The Balaban J connectivity index is 0.000000224. The van der Waals surface area contributed by atoms with Gasteiger partial charge in [0.05, 0.1) is 65.2 Å². The normalized spacial score (nSPS) is 10.9. The number of nitrogens with zero attached hydrogens (tertiary/aromatic N) is 4. The molecule has 0 fully saturated rings. The van der Waals surface area contributed by atoms with Crippen molar-refractivity contribution in [3.63, 3.8) is 0 Å². The number of nitrogens with two attached hydrogens (primary N) is 1. The Hall–Kier alpha value is -11.5. The summed E-state index contributed by atoms with van der Waals surface area (Å²) in [5.41, 5.74) is 16.9. The van der Waals surface area contributed by atoms with E-state index in [9.17, 15) is 38.7 Å². The van der Waals surface area contributed by atoms with E-state index in [2.05, 4.69) is 25.9 Å². The fourth-order valence-corrected chi connectivity index (χ4v) is 11.0. The molecule has 20 nitrogen and oxygen atoms in total. The summed E-state index contributed by atoms with van der Waals surface area (Å²) < 4.78 is 21.0. The monoisotopic (exact) mass is 1420 g/mol. The first-order valence-electron chi connectivity index (χ1n) is 33.7. The second-order valence-corrected chi connectivity index (χ2v) is 26.9. The maximum atomic E-state index is 13.4. The number of esters is 2. The molecule has 105 heavy (non-hydrogen) atoms. The van der Waals surface area contributed by atoms with Crippen LogP contribution in [0, 0.1) is 0 Å². The zero-order chi connectivity index (χ0) is 75.6. The smallest absolute Gasteiger partial charge is 0.545 e. The van der Waals surface area contributed by atoms with Gasteiger partial charge in [0, 0.05) is 87.7 Å².